The summed E-state index contributed by atoms with van der Waals surface area (Å²) in [5.41, 5.74) is 0.993. The van der Waals surface area contributed by atoms with Crippen LogP contribution in [0, 0.1) is 0 Å². The van der Waals surface area contributed by atoms with Crippen molar-refractivity contribution in [2.24, 2.45) is 0 Å². The lowest BCUT2D eigenvalue weighted by molar-refractivity contribution is 0.0662. The maximum atomic E-state index is 13.3. The number of hydrogen-bond donors (Lipinski definition) is 0. The Morgan fingerprint density at radius 1 is 1.03 bits per heavy atom. The summed E-state index contributed by atoms with van der Waals surface area (Å²) in [5, 5.41) is 0.915. The fraction of sp³-hybridized carbons (Fsp3) is 0.238. The van der Waals surface area contributed by atoms with Crippen LogP contribution in [0.1, 0.15) is 34.1 Å². The van der Waals surface area contributed by atoms with E-state index in [0.717, 1.165) is 0 Å². The molecule has 2 aromatic carbocycles. The van der Waals surface area contributed by atoms with Crippen molar-refractivity contribution in [3.05, 3.63) is 80.7 Å². The van der Waals surface area contributed by atoms with Gasteiger partial charge in [-0.05, 0) is 36.2 Å². The molecule has 0 spiro atoms. The van der Waals surface area contributed by atoms with Crippen molar-refractivity contribution in [2.45, 2.75) is 18.5 Å². The zero-order valence-corrected chi connectivity index (χ0v) is 16.7. The van der Waals surface area contributed by atoms with Crippen molar-refractivity contribution >= 4 is 38.3 Å². The molecule has 3 heterocycles. The predicted molar refractivity (Wildman–Crippen MR) is 109 cm³/mol. The average Bonchev–Trinajstić information content (AvgIpc) is 3.20. The van der Waals surface area contributed by atoms with Crippen molar-refractivity contribution in [2.75, 3.05) is 11.5 Å². The van der Waals surface area contributed by atoms with Crippen LogP contribution in [0.4, 0.5) is 0 Å². The molecule has 1 fully saturated rings. The number of fused-ring (bicyclic) bond motifs is 2. The Bertz CT molecular complexity index is 1310. The summed E-state index contributed by atoms with van der Waals surface area (Å²) in [6.45, 7) is 0. The van der Waals surface area contributed by atoms with Gasteiger partial charge in [-0.1, -0.05) is 35.9 Å². The molecule has 1 saturated heterocycles. The molecule has 29 heavy (non-hydrogen) atoms. The third-order valence-corrected chi connectivity index (χ3v) is 7.60. The smallest absolute Gasteiger partial charge is 0.291 e. The number of nitrogens with zero attached hydrogens (tertiary/aromatic N) is 1. The van der Waals surface area contributed by atoms with Gasteiger partial charge in [0.05, 0.1) is 28.5 Å². The first-order valence-corrected chi connectivity index (χ1v) is 11.4. The van der Waals surface area contributed by atoms with Gasteiger partial charge in [-0.15, -0.1) is 0 Å². The average molecular weight is 430 g/mol. The number of amides is 1. The second-order valence-electron chi connectivity index (χ2n) is 7.39. The van der Waals surface area contributed by atoms with Crippen LogP contribution in [0.5, 0.6) is 0 Å². The number of rotatable bonds is 2. The summed E-state index contributed by atoms with van der Waals surface area (Å²) >= 11 is 6.02. The number of benzene rings is 2. The second-order valence-corrected chi connectivity index (χ2v) is 10.1. The standard InChI is InChI=1S/C21H16ClNO5S/c22-13-7-5-12(6-8-13)18-17-19(24)15-3-1-2-4-16(15)28-20(17)21(25)23(18)14-9-10-29(26,27)11-14/h1-8,14,18H,9-11H2/t14-,18-/m1/s1. The summed E-state index contributed by atoms with van der Waals surface area (Å²) in [7, 11) is -3.23. The molecule has 0 radical (unpaired) electrons. The molecule has 2 aliphatic rings. The van der Waals surface area contributed by atoms with Crippen LogP contribution in [-0.4, -0.2) is 36.8 Å². The van der Waals surface area contributed by atoms with Crippen molar-refractivity contribution in [3.8, 4) is 0 Å². The molecule has 1 amide bonds. The molecule has 0 aliphatic carbocycles. The van der Waals surface area contributed by atoms with Crippen molar-refractivity contribution in [1.29, 1.82) is 0 Å². The molecule has 2 aliphatic heterocycles. The molecule has 2 atom stereocenters. The molecular weight excluding hydrogens is 414 g/mol. The lowest BCUT2D eigenvalue weighted by Crippen LogP contribution is -2.40. The van der Waals surface area contributed by atoms with Gasteiger partial charge in [0.2, 0.25) is 5.76 Å². The van der Waals surface area contributed by atoms with Gasteiger partial charge in [0.25, 0.3) is 5.91 Å². The quantitative estimate of drug-likeness (QED) is 0.624. The lowest BCUT2D eigenvalue weighted by atomic mass is 9.97. The molecule has 148 valence electrons. The fourth-order valence-electron chi connectivity index (χ4n) is 4.28. The Labute approximate surface area is 171 Å². The zero-order valence-electron chi connectivity index (χ0n) is 15.2. The topological polar surface area (TPSA) is 84.7 Å². The Hall–Kier alpha value is -2.64. The highest BCUT2D eigenvalue weighted by molar-refractivity contribution is 7.91. The summed E-state index contributed by atoms with van der Waals surface area (Å²) in [6, 6.07) is 12.4. The van der Waals surface area contributed by atoms with Crippen LogP contribution >= 0.6 is 11.6 Å². The minimum Gasteiger partial charge on any atom is -0.450 e. The van der Waals surface area contributed by atoms with E-state index < -0.39 is 27.8 Å². The molecule has 6 nitrogen and oxygen atoms in total. The Kier molecular flexibility index (Phi) is 4.08. The molecule has 3 aromatic rings. The van der Waals surface area contributed by atoms with Crippen LogP contribution in [0.25, 0.3) is 11.0 Å². The van der Waals surface area contributed by atoms with Gasteiger partial charge >= 0.3 is 0 Å². The van der Waals surface area contributed by atoms with E-state index in [9.17, 15) is 18.0 Å². The number of halogens is 1. The van der Waals surface area contributed by atoms with Gasteiger partial charge in [0.15, 0.2) is 15.3 Å². The van der Waals surface area contributed by atoms with E-state index in [-0.39, 0.29) is 28.3 Å². The van der Waals surface area contributed by atoms with Crippen LogP contribution in [0.15, 0.2) is 57.7 Å². The van der Waals surface area contributed by atoms with Crippen LogP contribution in [0.3, 0.4) is 0 Å². The van der Waals surface area contributed by atoms with E-state index in [4.69, 9.17) is 16.0 Å². The first-order valence-electron chi connectivity index (χ1n) is 9.20. The van der Waals surface area contributed by atoms with Gasteiger partial charge in [0.1, 0.15) is 5.58 Å². The van der Waals surface area contributed by atoms with Crippen molar-refractivity contribution < 1.29 is 17.6 Å². The summed E-state index contributed by atoms with van der Waals surface area (Å²) < 4.78 is 30.0. The monoisotopic (exact) mass is 429 g/mol. The van der Waals surface area contributed by atoms with Gasteiger partial charge in [0, 0.05) is 11.1 Å². The molecule has 0 N–H and O–H groups in total. The maximum Gasteiger partial charge on any atom is 0.291 e. The fourth-order valence-corrected chi connectivity index (χ4v) is 6.12. The van der Waals surface area contributed by atoms with E-state index in [1.54, 1.807) is 48.5 Å². The van der Waals surface area contributed by atoms with Gasteiger partial charge in [-0.2, -0.15) is 0 Å². The number of para-hydroxylation sites is 1. The summed E-state index contributed by atoms with van der Waals surface area (Å²) in [6.07, 6.45) is 0.333. The SMILES string of the molecule is O=C1c2oc3ccccc3c(=O)c2[C@@H](c2ccc(Cl)cc2)N1[C@@H]1CCS(=O)(=O)C1. The molecular formula is C21H16ClNO5S. The summed E-state index contributed by atoms with van der Waals surface area (Å²) in [5.74, 6) is -0.568. The zero-order chi connectivity index (χ0) is 20.3. The highest BCUT2D eigenvalue weighted by Gasteiger charge is 2.48. The van der Waals surface area contributed by atoms with Crippen LogP contribution in [-0.2, 0) is 9.84 Å². The van der Waals surface area contributed by atoms with Gasteiger partial charge < -0.3 is 9.32 Å². The van der Waals surface area contributed by atoms with E-state index in [1.165, 1.54) is 4.90 Å². The lowest BCUT2D eigenvalue weighted by Gasteiger charge is -2.30. The third-order valence-electron chi connectivity index (χ3n) is 5.60. The van der Waals surface area contributed by atoms with Crippen molar-refractivity contribution in [1.82, 2.24) is 4.90 Å². The van der Waals surface area contributed by atoms with Crippen molar-refractivity contribution in [3.63, 3.8) is 0 Å². The molecule has 5 rings (SSSR count). The number of hydrogen-bond acceptors (Lipinski definition) is 5. The Morgan fingerprint density at radius 3 is 2.45 bits per heavy atom. The molecule has 0 saturated carbocycles. The number of carbonyl (C=O) groups excluding carboxylic acids is 1. The van der Waals surface area contributed by atoms with E-state index >= 15 is 0 Å². The Morgan fingerprint density at radius 2 is 1.76 bits per heavy atom. The molecule has 8 heteroatoms. The first-order chi connectivity index (χ1) is 13.9. The molecule has 1 aromatic heterocycles. The van der Waals surface area contributed by atoms with E-state index in [2.05, 4.69) is 0 Å². The largest absolute Gasteiger partial charge is 0.450 e. The van der Waals surface area contributed by atoms with E-state index in [1.807, 2.05) is 0 Å². The molecule has 0 unspecified atom stereocenters. The summed E-state index contributed by atoms with van der Waals surface area (Å²) in [4.78, 5) is 28.1. The van der Waals surface area contributed by atoms with Crippen LogP contribution < -0.4 is 5.43 Å². The third kappa shape index (κ3) is 2.88. The Balaban J connectivity index is 1.76. The highest BCUT2D eigenvalue weighted by atomic mass is 35.5. The minimum absolute atomic E-state index is 0.0158. The maximum absolute atomic E-state index is 13.3. The van der Waals surface area contributed by atoms with Gasteiger partial charge in [-0.3, -0.25) is 9.59 Å². The predicted octanol–water partition coefficient (Wildman–Crippen LogP) is 3.18. The number of sulfone groups is 1. The highest BCUT2D eigenvalue weighted by Crippen LogP contribution is 2.41. The molecule has 0 bridgehead atoms. The van der Waals surface area contributed by atoms with E-state index in [0.29, 0.717) is 28.0 Å². The van der Waals surface area contributed by atoms with Gasteiger partial charge in [-0.25, -0.2) is 8.42 Å². The number of carbonyl (C=O) groups is 1. The second kappa shape index (κ2) is 6.43. The normalized spacial score (nSPS) is 22.9. The first kappa shape index (κ1) is 18.4. The van der Waals surface area contributed by atoms with Crippen LogP contribution in [0.2, 0.25) is 5.02 Å². The minimum atomic E-state index is -3.23.